The minimum atomic E-state index is -2.28. The lowest BCUT2D eigenvalue weighted by molar-refractivity contribution is -0.160. The van der Waals surface area contributed by atoms with E-state index in [1.165, 1.54) is 19.2 Å². The lowest BCUT2D eigenvalue weighted by Crippen LogP contribution is -2.66. The van der Waals surface area contributed by atoms with Crippen LogP contribution in [0.15, 0.2) is 72.8 Å². The van der Waals surface area contributed by atoms with Gasteiger partial charge in [-0.15, -0.1) is 0 Å². The van der Waals surface area contributed by atoms with Crippen LogP contribution in [0.2, 0.25) is 0 Å². The number of para-hydroxylation sites is 1. The van der Waals surface area contributed by atoms with E-state index in [1.54, 1.807) is 36.4 Å². The first-order chi connectivity index (χ1) is 16.3. The minimum Gasteiger partial charge on any atom is -0.497 e. The third kappa shape index (κ3) is 4.24. The van der Waals surface area contributed by atoms with Crippen LogP contribution in [-0.2, 0) is 16.0 Å². The third-order valence-corrected chi connectivity index (χ3v) is 6.18. The van der Waals surface area contributed by atoms with Gasteiger partial charge in [-0.05, 0) is 55.7 Å². The molecule has 7 nitrogen and oxygen atoms in total. The van der Waals surface area contributed by atoms with Crippen LogP contribution in [0, 0.1) is 6.92 Å². The van der Waals surface area contributed by atoms with Crippen molar-refractivity contribution in [2.45, 2.75) is 31.2 Å². The molecule has 0 saturated heterocycles. The highest BCUT2D eigenvalue weighted by Gasteiger charge is 2.59. The second-order valence-corrected chi connectivity index (χ2v) is 8.30. The summed E-state index contributed by atoms with van der Waals surface area (Å²) >= 11 is 0. The lowest BCUT2D eigenvalue weighted by atomic mass is 9.73. The molecule has 1 heterocycles. The number of hydrogen-bond donors (Lipinski definition) is 2. The Labute approximate surface area is 197 Å². The van der Waals surface area contributed by atoms with E-state index in [0.717, 1.165) is 11.1 Å². The van der Waals surface area contributed by atoms with Gasteiger partial charge in [-0.1, -0.05) is 48.0 Å². The molecule has 0 aromatic heterocycles. The first kappa shape index (κ1) is 23.0. The number of carbonyl (C=O) groups is 3. The van der Waals surface area contributed by atoms with Gasteiger partial charge in [0.05, 0.1) is 7.11 Å². The van der Waals surface area contributed by atoms with Gasteiger partial charge in [0.1, 0.15) is 11.5 Å². The Morgan fingerprint density at radius 1 is 1.03 bits per heavy atom. The molecule has 0 aliphatic carbocycles. The van der Waals surface area contributed by atoms with Gasteiger partial charge in [0.15, 0.2) is 0 Å². The van der Waals surface area contributed by atoms with E-state index < -0.39 is 29.3 Å². The fourth-order valence-electron chi connectivity index (χ4n) is 4.28. The number of aryl methyl sites for hydroxylation is 2. The fraction of sp³-hybridized carbons (Fsp3) is 0.222. The zero-order valence-electron chi connectivity index (χ0n) is 18.9. The maximum atomic E-state index is 13.2. The second-order valence-electron chi connectivity index (χ2n) is 8.30. The predicted molar refractivity (Wildman–Crippen MR) is 125 cm³/mol. The molecule has 3 aromatic rings. The summed E-state index contributed by atoms with van der Waals surface area (Å²) in [5.74, 6) is -3.17. The van der Waals surface area contributed by atoms with Crippen LogP contribution in [0.1, 0.15) is 39.4 Å². The standard InChI is InChI=1S/C27H25NO6/c1-17-7-9-18(10-8-17)11-16-22-21-5-3-4-6-23(21)34-26(32)27(22,25(30)31)28-24(29)19-12-14-20(33-2)15-13-19/h3-10,12-15,22H,11,16H2,1-2H3,(H,28,29)(H,30,31)/t22-,27-/m0/s1. The first-order valence-electron chi connectivity index (χ1n) is 10.9. The molecule has 2 N–H and O–H groups in total. The van der Waals surface area contributed by atoms with Crippen molar-refractivity contribution in [3.63, 3.8) is 0 Å². The van der Waals surface area contributed by atoms with Crippen LogP contribution in [0.4, 0.5) is 0 Å². The number of nitrogens with one attached hydrogen (secondary N) is 1. The highest BCUT2D eigenvalue weighted by atomic mass is 16.5. The van der Waals surface area contributed by atoms with Gasteiger partial charge in [-0.3, -0.25) is 4.79 Å². The Morgan fingerprint density at radius 2 is 1.71 bits per heavy atom. The van der Waals surface area contributed by atoms with E-state index in [4.69, 9.17) is 9.47 Å². The maximum absolute atomic E-state index is 13.2. The average molecular weight is 459 g/mol. The summed E-state index contributed by atoms with van der Waals surface area (Å²) in [6, 6.07) is 20.9. The van der Waals surface area contributed by atoms with Crippen molar-refractivity contribution >= 4 is 17.8 Å². The van der Waals surface area contributed by atoms with E-state index in [9.17, 15) is 19.5 Å². The number of benzene rings is 3. The van der Waals surface area contributed by atoms with Crippen LogP contribution in [0.25, 0.3) is 0 Å². The molecule has 1 amide bonds. The molecular weight excluding hydrogens is 434 g/mol. The van der Waals surface area contributed by atoms with Crippen molar-refractivity contribution in [3.05, 3.63) is 95.1 Å². The van der Waals surface area contributed by atoms with Gasteiger partial charge < -0.3 is 19.9 Å². The highest BCUT2D eigenvalue weighted by Crippen LogP contribution is 2.43. The number of carboxylic acids is 1. The van der Waals surface area contributed by atoms with Gasteiger partial charge in [-0.2, -0.15) is 0 Å². The number of esters is 1. The number of carbonyl (C=O) groups excluding carboxylic acids is 2. The fourth-order valence-corrected chi connectivity index (χ4v) is 4.28. The molecule has 0 fully saturated rings. The molecule has 174 valence electrons. The van der Waals surface area contributed by atoms with Gasteiger partial charge in [0, 0.05) is 17.0 Å². The molecule has 2 atom stereocenters. The Kier molecular flexibility index (Phi) is 6.36. The van der Waals surface area contributed by atoms with E-state index >= 15 is 0 Å². The van der Waals surface area contributed by atoms with E-state index in [1.807, 2.05) is 31.2 Å². The van der Waals surface area contributed by atoms with Crippen LogP contribution < -0.4 is 14.8 Å². The number of rotatable bonds is 7. The summed E-state index contributed by atoms with van der Waals surface area (Å²) < 4.78 is 10.5. The van der Waals surface area contributed by atoms with Crippen molar-refractivity contribution in [2.24, 2.45) is 0 Å². The molecule has 1 aliphatic rings. The molecule has 3 aromatic carbocycles. The largest absolute Gasteiger partial charge is 0.497 e. The number of carboxylic acid groups (broad SMARTS) is 1. The van der Waals surface area contributed by atoms with Crippen molar-refractivity contribution in [3.8, 4) is 11.5 Å². The summed E-state index contributed by atoms with van der Waals surface area (Å²) in [4.78, 5) is 39.0. The summed E-state index contributed by atoms with van der Waals surface area (Å²) in [7, 11) is 1.50. The summed E-state index contributed by atoms with van der Waals surface area (Å²) in [5, 5.41) is 12.8. The minimum absolute atomic E-state index is 0.199. The lowest BCUT2D eigenvalue weighted by Gasteiger charge is -2.40. The third-order valence-electron chi connectivity index (χ3n) is 6.18. The second kappa shape index (κ2) is 9.39. The molecule has 34 heavy (non-hydrogen) atoms. The van der Waals surface area contributed by atoms with Crippen molar-refractivity contribution in [1.82, 2.24) is 5.32 Å². The Hall–Kier alpha value is -4.13. The molecular formula is C27H25NO6. The van der Waals surface area contributed by atoms with Gasteiger partial charge in [0.2, 0.25) is 5.54 Å². The number of fused-ring (bicyclic) bond motifs is 1. The summed E-state index contributed by atoms with van der Waals surface area (Å²) in [5.41, 5.74) is 0.595. The first-order valence-corrected chi connectivity index (χ1v) is 10.9. The topological polar surface area (TPSA) is 102 Å². The average Bonchev–Trinajstić information content (AvgIpc) is 2.84. The van der Waals surface area contributed by atoms with Gasteiger partial charge >= 0.3 is 11.9 Å². The van der Waals surface area contributed by atoms with E-state index in [-0.39, 0.29) is 5.56 Å². The van der Waals surface area contributed by atoms with E-state index in [2.05, 4.69) is 5.32 Å². The monoisotopic (exact) mass is 459 g/mol. The van der Waals surface area contributed by atoms with Crippen molar-refractivity contribution in [2.75, 3.05) is 7.11 Å². The molecule has 4 rings (SSSR count). The predicted octanol–water partition coefficient (Wildman–Crippen LogP) is 3.89. The summed E-state index contributed by atoms with van der Waals surface area (Å²) in [6.45, 7) is 1.99. The van der Waals surface area contributed by atoms with Gasteiger partial charge in [-0.25, -0.2) is 9.59 Å². The number of hydrogen-bond acceptors (Lipinski definition) is 5. The number of methoxy groups -OCH3 is 1. The van der Waals surface area contributed by atoms with E-state index in [0.29, 0.717) is 29.9 Å². The number of aliphatic carboxylic acids is 1. The zero-order valence-corrected chi connectivity index (χ0v) is 18.9. The quantitative estimate of drug-likeness (QED) is 0.316. The molecule has 0 saturated carbocycles. The van der Waals surface area contributed by atoms with Gasteiger partial charge in [0.25, 0.3) is 5.91 Å². The number of ether oxygens (including phenoxy) is 2. The molecule has 0 unspecified atom stereocenters. The molecule has 0 bridgehead atoms. The van der Waals surface area contributed by atoms with Crippen LogP contribution in [0.5, 0.6) is 11.5 Å². The Balaban J connectivity index is 1.73. The normalized spacial score (nSPS) is 19.0. The Bertz CT molecular complexity index is 1220. The van der Waals surface area contributed by atoms with Crippen molar-refractivity contribution in [1.29, 1.82) is 0 Å². The molecule has 0 radical (unpaired) electrons. The van der Waals surface area contributed by atoms with Crippen LogP contribution in [0.3, 0.4) is 0 Å². The highest BCUT2D eigenvalue weighted by molar-refractivity contribution is 6.12. The maximum Gasteiger partial charge on any atom is 0.349 e. The summed E-state index contributed by atoms with van der Waals surface area (Å²) in [6.07, 6.45) is 0.824. The molecule has 0 spiro atoms. The molecule has 1 aliphatic heterocycles. The SMILES string of the molecule is COc1ccc(C(=O)N[C@@]2(C(=O)O)C(=O)Oc3ccccc3[C@@H]2CCc2ccc(C)cc2)cc1. The number of amides is 1. The van der Waals surface area contributed by atoms with Crippen LogP contribution in [-0.4, -0.2) is 35.6 Å². The smallest absolute Gasteiger partial charge is 0.349 e. The molecule has 7 heteroatoms. The van der Waals surface area contributed by atoms with Crippen molar-refractivity contribution < 1.29 is 29.0 Å². The zero-order chi connectivity index (χ0) is 24.3. The Morgan fingerprint density at radius 3 is 2.35 bits per heavy atom. The van der Waals surface area contributed by atoms with Crippen LogP contribution >= 0.6 is 0 Å².